The van der Waals surface area contributed by atoms with Crippen LogP contribution in [-0.2, 0) is 14.8 Å². The Kier molecular flexibility index (Phi) is 6.62. The van der Waals surface area contributed by atoms with Crippen molar-refractivity contribution >= 4 is 21.6 Å². The summed E-state index contributed by atoms with van der Waals surface area (Å²) in [5.41, 5.74) is 0.475. The molecule has 1 saturated heterocycles. The Bertz CT molecular complexity index is 808. The number of rotatable bonds is 6. The normalized spacial score (nSPS) is 25.2. The molecule has 0 radical (unpaired) electrons. The molecule has 0 bridgehead atoms. The summed E-state index contributed by atoms with van der Waals surface area (Å²) in [4.78, 5) is 14.1. The number of fused-ring (bicyclic) bond motifs is 1. The molecule has 3 rings (SSSR count). The predicted octanol–water partition coefficient (Wildman–Crippen LogP) is 1.12. The number of methoxy groups -OCH3 is 1. The van der Waals surface area contributed by atoms with Crippen molar-refractivity contribution in [3.8, 4) is 5.75 Å². The Morgan fingerprint density at radius 2 is 1.93 bits per heavy atom. The largest absolute Gasteiger partial charge is 0.495 e. The van der Waals surface area contributed by atoms with Gasteiger partial charge in [0.1, 0.15) is 10.6 Å². The van der Waals surface area contributed by atoms with Crippen molar-refractivity contribution in [1.29, 1.82) is 0 Å². The van der Waals surface area contributed by atoms with E-state index in [1.165, 1.54) is 70.7 Å². The number of hydrogen-bond donors (Lipinski definition) is 2. The van der Waals surface area contributed by atoms with Crippen LogP contribution >= 0.6 is 0 Å². The molecule has 3 atom stereocenters. The number of anilines is 1. The summed E-state index contributed by atoms with van der Waals surface area (Å²) in [7, 11) is 0.709. The molecule has 8 heteroatoms. The van der Waals surface area contributed by atoms with Gasteiger partial charge in [0.2, 0.25) is 10.0 Å². The number of hydrogen-bond acceptors (Lipinski definition) is 4. The summed E-state index contributed by atoms with van der Waals surface area (Å²) >= 11 is 0. The zero-order chi connectivity index (χ0) is 20.3. The van der Waals surface area contributed by atoms with Gasteiger partial charge in [-0.1, -0.05) is 6.42 Å². The van der Waals surface area contributed by atoms with Crippen molar-refractivity contribution in [3.63, 3.8) is 0 Å². The third-order valence-corrected chi connectivity index (χ3v) is 7.94. The van der Waals surface area contributed by atoms with Gasteiger partial charge in [0.05, 0.1) is 19.7 Å². The van der Waals surface area contributed by atoms with Crippen molar-refractivity contribution in [2.24, 2.45) is 5.92 Å². The number of nitrogens with one attached hydrogen (secondary N) is 2. The van der Waals surface area contributed by atoms with Gasteiger partial charge in [-0.2, -0.15) is 0 Å². The predicted molar refractivity (Wildman–Crippen MR) is 108 cm³/mol. The van der Waals surface area contributed by atoms with E-state index >= 15 is 0 Å². The monoisotopic (exact) mass is 410 g/mol. The number of amides is 1. The number of piperidine rings is 1. The number of nitrogens with zero attached hydrogens (tertiary/aromatic N) is 1. The van der Waals surface area contributed by atoms with Crippen LogP contribution in [0.2, 0.25) is 0 Å². The second kappa shape index (κ2) is 8.80. The van der Waals surface area contributed by atoms with Crippen molar-refractivity contribution in [2.75, 3.05) is 39.6 Å². The van der Waals surface area contributed by atoms with Gasteiger partial charge in [0.15, 0.2) is 6.54 Å². The summed E-state index contributed by atoms with van der Waals surface area (Å²) < 4.78 is 31.4. The van der Waals surface area contributed by atoms with Gasteiger partial charge < -0.3 is 15.0 Å². The summed E-state index contributed by atoms with van der Waals surface area (Å²) in [5.74, 6) is 0.945. The van der Waals surface area contributed by atoms with Crippen molar-refractivity contribution in [2.45, 2.75) is 49.5 Å². The quantitative estimate of drug-likeness (QED) is 0.737. The average Bonchev–Trinajstić information content (AvgIpc) is 2.68. The zero-order valence-electron chi connectivity index (χ0n) is 17.0. The van der Waals surface area contributed by atoms with E-state index < -0.39 is 10.0 Å². The maximum Gasteiger partial charge on any atom is 0.279 e. The summed E-state index contributed by atoms with van der Waals surface area (Å²) in [6.07, 6.45) is 7.55. The molecule has 1 aliphatic carbocycles. The first-order valence-electron chi connectivity index (χ1n) is 10.1. The first kappa shape index (κ1) is 21.1. The molecule has 1 aromatic rings. The van der Waals surface area contributed by atoms with Crippen LogP contribution in [0.1, 0.15) is 38.5 Å². The molecule has 1 heterocycles. The maximum absolute atomic E-state index is 12.7. The molecule has 0 spiro atoms. The molecule has 1 saturated carbocycles. The summed E-state index contributed by atoms with van der Waals surface area (Å²) in [6.45, 7) is 1.47. The molecule has 2 N–H and O–H groups in total. The highest BCUT2D eigenvalue weighted by atomic mass is 32.2. The van der Waals surface area contributed by atoms with Crippen LogP contribution in [-0.4, -0.2) is 59.0 Å². The molecule has 0 aromatic heterocycles. The van der Waals surface area contributed by atoms with Crippen LogP contribution in [0.4, 0.5) is 5.69 Å². The molecule has 28 heavy (non-hydrogen) atoms. The van der Waals surface area contributed by atoms with Gasteiger partial charge in [-0.15, -0.1) is 0 Å². The Morgan fingerprint density at radius 1 is 1.21 bits per heavy atom. The molecule has 1 aliphatic heterocycles. The van der Waals surface area contributed by atoms with Gasteiger partial charge in [0.25, 0.3) is 5.91 Å². The fourth-order valence-corrected chi connectivity index (χ4v) is 5.73. The Balaban J connectivity index is 1.72. The summed E-state index contributed by atoms with van der Waals surface area (Å²) in [6, 6.07) is 5.33. The van der Waals surface area contributed by atoms with Crippen LogP contribution in [0, 0.1) is 5.92 Å². The molecule has 7 nitrogen and oxygen atoms in total. The Labute approximate surface area is 168 Å². The third-order valence-electron chi connectivity index (χ3n) is 6.10. The number of carbonyl (C=O) groups is 1. The number of likely N-dealkylation sites (tertiary alicyclic amines) is 1. The Hall–Kier alpha value is -1.64. The van der Waals surface area contributed by atoms with Crippen LogP contribution in [0.5, 0.6) is 5.75 Å². The number of sulfonamides is 1. The highest BCUT2D eigenvalue weighted by Crippen LogP contribution is 2.29. The van der Waals surface area contributed by atoms with E-state index in [4.69, 9.17) is 4.74 Å². The average molecular weight is 411 g/mol. The highest BCUT2D eigenvalue weighted by Gasteiger charge is 2.37. The third kappa shape index (κ3) is 4.50. The first-order valence-corrected chi connectivity index (χ1v) is 11.5. The van der Waals surface area contributed by atoms with E-state index in [1.807, 2.05) is 0 Å². The minimum absolute atomic E-state index is 0.0514. The smallest absolute Gasteiger partial charge is 0.279 e. The van der Waals surface area contributed by atoms with E-state index in [0.29, 0.717) is 18.3 Å². The van der Waals surface area contributed by atoms with E-state index in [-0.39, 0.29) is 16.6 Å². The van der Waals surface area contributed by atoms with E-state index in [1.54, 1.807) is 12.1 Å². The van der Waals surface area contributed by atoms with Gasteiger partial charge in [-0.25, -0.2) is 12.7 Å². The van der Waals surface area contributed by atoms with Crippen LogP contribution in [0.3, 0.4) is 0 Å². The molecule has 1 amide bonds. The number of benzene rings is 1. The van der Waals surface area contributed by atoms with Gasteiger partial charge in [0, 0.05) is 25.7 Å². The first-order chi connectivity index (χ1) is 13.3. The van der Waals surface area contributed by atoms with Crippen LogP contribution < -0.4 is 15.0 Å². The van der Waals surface area contributed by atoms with E-state index in [2.05, 4.69) is 5.32 Å². The van der Waals surface area contributed by atoms with Crippen LogP contribution in [0.15, 0.2) is 23.1 Å². The lowest BCUT2D eigenvalue weighted by atomic mass is 9.78. The van der Waals surface area contributed by atoms with Gasteiger partial charge in [-0.3, -0.25) is 4.79 Å². The fraction of sp³-hybridized carbons (Fsp3) is 0.650. The van der Waals surface area contributed by atoms with Crippen molar-refractivity contribution in [3.05, 3.63) is 18.2 Å². The minimum atomic E-state index is -3.67. The lowest BCUT2D eigenvalue weighted by Crippen LogP contribution is -3.18. The summed E-state index contributed by atoms with van der Waals surface area (Å²) in [5, 5.41) is 2.89. The second-order valence-electron chi connectivity index (χ2n) is 8.08. The maximum atomic E-state index is 12.7. The number of quaternary nitrogens is 1. The molecule has 1 aromatic carbocycles. The molecular formula is C20H32N3O4S+. The zero-order valence-corrected chi connectivity index (χ0v) is 17.8. The molecule has 156 valence electrons. The fourth-order valence-electron chi connectivity index (χ4n) is 4.65. The minimum Gasteiger partial charge on any atom is -0.495 e. The topological polar surface area (TPSA) is 80.1 Å². The molecular weight excluding hydrogens is 378 g/mol. The van der Waals surface area contributed by atoms with Gasteiger partial charge in [-0.05, 0) is 50.3 Å². The standard InChI is InChI=1S/C20H31N3O4S/c1-22(2)28(25,26)19-13-16(10-11-18(19)27-3)21-20(24)14-23-12-6-8-15-7-4-5-9-17(15)23/h10-11,13,15,17H,4-9,12,14H2,1-3H3,(H,21,24)/p+1/t15-,17+/m1/s1. The van der Waals surface area contributed by atoms with Gasteiger partial charge >= 0.3 is 0 Å². The lowest BCUT2D eigenvalue weighted by Gasteiger charge is -2.40. The Morgan fingerprint density at radius 3 is 2.64 bits per heavy atom. The van der Waals surface area contributed by atoms with Crippen molar-refractivity contribution < 1.29 is 22.8 Å². The highest BCUT2D eigenvalue weighted by molar-refractivity contribution is 7.89. The van der Waals surface area contributed by atoms with E-state index in [9.17, 15) is 13.2 Å². The second-order valence-corrected chi connectivity index (χ2v) is 10.2. The number of carbonyl (C=O) groups excluding carboxylic acids is 1. The van der Waals surface area contributed by atoms with Crippen LogP contribution in [0.25, 0.3) is 0 Å². The number of ether oxygens (including phenoxy) is 1. The van der Waals surface area contributed by atoms with Crippen molar-refractivity contribution in [1.82, 2.24) is 4.31 Å². The SMILES string of the molecule is COc1ccc(NC(=O)C[NH+]2CCC[C@H]3CCCC[C@@H]32)cc1S(=O)(=O)N(C)C. The lowest BCUT2D eigenvalue weighted by molar-refractivity contribution is -0.928. The molecule has 1 unspecified atom stereocenters. The molecule has 2 aliphatic rings. The molecule has 2 fully saturated rings. The van der Waals surface area contributed by atoms with E-state index in [0.717, 1.165) is 16.8 Å².